The summed E-state index contributed by atoms with van der Waals surface area (Å²) in [6.45, 7) is 2.06. The van der Waals surface area contributed by atoms with Gasteiger partial charge < -0.3 is 5.11 Å². The second-order valence-corrected chi connectivity index (χ2v) is 4.37. The van der Waals surface area contributed by atoms with Crippen molar-refractivity contribution in [3.05, 3.63) is 35.4 Å². The van der Waals surface area contributed by atoms with Crippen LogP contribution in [0, 0.1) is 17.2 Å². The van der Waals surface area contributed by atoms with E-state index in [1.54, 1.807) is 6.07 Å². The summed E-state index contributed by atoms with van der Waals surface area (Å²) in [7, 11) is 0. The monoisotopic (exact) mass is 201 g/mol. The molecule has 0 aromatic heterocycles. The first kappa shape index (κ1) is 10.2. The Morgan fingerprint density at radius 1 is 1.47 bits per heavy atom. The molecule has 0 saturated heterocycles. The number of rotatable bonds is 1. The molecule has 0 radical (unpaired) electrons. The zero-order chi connectivity index (χ0) is 10.9. The minimum atomic E-state index is -0.785. The Morgan fingerprint density at radius 3 is 2.80 bits per heavy atom. The Balaban J connectivity index is 2.49. The number of aliphatic hydroxyl groups is 1. The number of benzene rings is 1. The van der Waals surface area contributed by atoms with Crippen LogP contribution >= 0.6 is 0 Å². The molecule has 0 amide bonds. The smallest absolute Gasteiger partial charge is 0.0995 e. The zero-order valence-corrected chi connectivity index (χ0v) is 8.90. The minimum absolute atomic E-state index is 0.243. The maximum absolute atomic E-state index is 10.6. The van der Waals surface area contributed by atoms with Crippen LogP contribution in [-0.2, 0) is 5.60 Å². The molecule has 1 fully saturated rings. The van der Waals surface area contributed by atoms with Crippen molar-refractivity contribution in [1.82, 2.24) is 0 Å². The molecule has 1 aromatic rings. The van der Waals surface area contributed by atoms with Gasteiger partial charge in [-0.05, 0) is 31.2 Å². The van der Waals surface area contributed by atoms with Gasteiger partial charge >= 0.3 is 0 Å². The summed E-state index contributed by atoms with van der Waals surface area (Å²) >= 11 is 0. The highest BCUT2D eigenvalue weighted by molar-refractivity contribution is 5.41. The average molecular weight is 201 g/mol. The van der Waals surface area contributed by atoms with Gasteiger partial charge in [-0.15, -0.1) is 0 Å². The molecule has 1 aliphatic rings. The Kier molecular flexibility index (Phi) is 2.50. The predicted octanol–water partition coefficient (Wildman–Crippen LogP) is 2.57. The second-order valence-electron chi connectivity index (χ2n) is 4.37. The fourth-order valence-corrected chi connectivity index (χ4v) is 2.52. The second kappa shape index (κ2) is 3.67. The molecular formula is C13H15NO. The molecule has 1 N–H and O–H groups in total. The summed E-state index contributed by atoms with van der Waals surface area (Å²) in [5.41, 5.74) is 0.623. The molecule has 1 aromatic carbocycles. The molecule has 0 unspecified atom stereocenters. The van der Waals surface area contributed by atoms with Crippen molar-refractivity contribution in [2.75, 3.05) is 0 Å². The maximum atomic E-state index is 10.6. The van der Waals surface area contributed by atoms with E-state index in [-0.39, 0.29) is 5.92 Å². The van der Waals surface area contributed by atoms with E-state index in [1.807, 2.05) is 18.2 Å². The van der Waals surface area contributed by atoms with E-state index in [0.29, 0.717) is 5.56 Å². The van der Waals surface area contributed by atoms with E-state index in [1.165, 1.54) is 0 Å². The summed E-state index contributed by atoms with van der Waals surface area (Å²) in [5, 5.41) is 19.6. The van der Waals surface area contributed by atoms with Gasteiger partial charge in [0.1, 0.15) is 0 Å². The molecule has 0 heterocycles. The lowest BCUT2D eigenvalue weighted by Crippen LogP contribution is -2.29. The lowest BCUT2D eigenvalue weighted by atomic mass is 9.83. The highest BCUT2D eigenvalue weighted by Crippen LogP contribution is 2.44. The van der Waals surface area contributed by atoms with Gasteiger partial charge in [-0.3, -0.25) is 0 Å². The molecule has 2 atom stereocenters. The SMILES string of the molecule is C[C@@H]1CCC[C@]1(O)c1ccccc1C#N. The first-order valence-corrected chi connectivity index (χ1v) is 5.40. The Hall–Kier alpha value is -1.33. The largest absolute Gasteiger partial charge is 0.385 e. The third-order valence-corrected chi connectivity index (χ3v) is 3.52. The molecule has 0 aliphatic heterocycles. The summed E-state index contributed by atoms with van der Waals surface area (Å²) in [6.07, 6.45) is 2.85. The van der Waals surface area contributed by atoms with Gasteiger partial charge in [0.15, 0.2) is 0 Å². The zero-order valence-electron chi connectivity index (χ0n) is 8.90. The van der Waals surface area contributed by atoms with Crippen LogP contribution in [0.5, 0.6) is 0 Å². The van der Waals surface area contributed by atoms with Crippen molar-refractivity contribution in [2.45, 2.75) is 31.8 Å². The van der Waals surface area contributed by atoms with Gasteiger partial charge in [0.2, 0.25) is 0 Å². The van der Waals surface area contributed by atoms with Crippen molar-refractivity contribution in [2.24, 2.45) is 5.92 Å². The van der Waals surface area contributed by atoms with E-state index in [9.17, 15) is 5.11 Å². The number of hydrogen-bond donors (Lipinski definition) is 1. The van der Waals surface area contributed by atoms with Crippen molar-refractivity contribution < 1.29 is 5.11 Å². The van der Waals surface area contributed by atoms with Gasteiger partial charge in [0.05, 0.1) is 17.2 Å². The standard InChI is InChI=1S/C13H15NO/c1-10-5-4-8-13(10,15)12-7-3-2-6-11(12)9-14/h2-3,6-7,10,15H,4-5,8H2,1H3/t10-,13-/m1/s1. The molecule has 0 spiro atoms. The summed E-state index contributed by atoms with van der Waals surface area (Å²) in [4.78, 5) is 0. The van der Waals surface area contributed by atoms with E-state index in [4.69, 9.17) is 5.26 Å². The fraction of sp³-hybridized carbons (Fsp3) is 0.462. The van der Waals surface area contributed by atoms with Crippen LogP contribution in [0.2, 0.25) is 0 Å². The van der Waals surface area contributed by atoms with Gasteiger partial charge in [0.25, 0.3) is 0 Å². The maximum Gasteiger partial charge on any atom is 0.0995 e. The summed E-state index contributed by atoms with van der Waals surface area (Å²) < 4.78 is 0. The summed E-state index contributed by atoms with van der Waals surface area (Å²) in [6, 6.07) is 9.54. The van der Waals surface area contributed by atoms with E-state index in [2.05, 4.69) is 13.0 Å². The first-order valence-electron chi connectivity index (χ1n) is 5.40. The molecule has 15 heavy (non-hydrogen) atoms. The van der Waals surface area contributed by atoms with E-state index >= 15 is 0 Å². The topological polar surface area (TPSA) is 44.0 Å². The van der Waals surface area contributed by atoms with Crippen molar-refractivity contribution in [1.29, 1.82) is 5.26 Å². The highest BCUT2D eigenvalue weighted by atomic mass is 16.3. The van der Waals surface area contributed by atoms with Gasteiger partial charge in [0, 0.05) is 5.56 Å². The molecule has 2 rings (SSSR count). The third-order valence-electron chi connectivity index (χ3n) is 3.52. The van der Waals surface area contributed by atoms with Crippen molar-refractivity contribution in [3.63, 3.8) is 0 Å². The Morgan fingerprint density at radius 2 is 2.20 bits per heavy atom. The fourth-order valence-electron chi connectivity index (χ4n) is 2.52. The van der Waals surface area contributed by atoms with Crippen LogP contribution < -0.4 is 0 Å². The van der Waals surface area contributed by atoms with Crippen LogP contribution in [0.25, 0.3) is 0 Å². The predicted molar refractivity (Wildman–Crippen MR) is 58.1 cm³/mol. The highest BCUT2D eigenvalue weighted by Gasteiger charge is 2.40. The number of nitriles is 1. The summed E-state index contributed by atoms with van der Waals surface area (Å²) in [5.74, 6) is 0.243. The number of nitrogens with zero attached hydrogens (tertiary/aromatic N) is 1. The van der Waals surface area contributed by atoms with Crippen LogP contribution in [0.4, 0.5) is 0 Å². The molecular weight excluding hydrogens is 186 g/mol. The van der Waals surface area contributed by atoms with Gasteiger partial charge in [-0.1, -0.05) is 25.1 Å². The molecule has 1 saturated carbocycles. The van der Waals surface area contributed by atoms with E-state index < -0.39 is 5.60 Å². The quantitative estimate of drug-likeness (QED) is 0.758. The van der Waals surface area contributed by atoms with Gasteiger partial charge in [-0.25, -0.2) is 0 Å². The average Bonchev–Trinajstić information content (AvgIpc) is 2.60. The molecule has 1 aliphatic carbocycles. The van der Waals surface area contributed by atoms with Crippen LogP contribution in [0.15, 0.2) is 24.3 Å². The first-order chi connectivity index (χ1) is 7.18. The molecule has 78 valence electrons. The van der Waals surface area contributed by atoms with Crippen molar-refractivity contribution in [3.8, 4) is 6.07 Å². The Labute approximate surface area is 90.2 Å². The van der Waals surface area contributed by atoms with Crippen LogP contribution in [-0.4, -0.2) is 5.11 Å². The third kappa shape index (κ3) is 1.53. The lowest BCUT2D eigenvalue weighted by molar-refractivity contribution is 0.00424. The van der Waals surface area contributed by atoms with E-state index in [0.717, 1.165) is 24.8 Å². The van der Waals surface area contributed by atoms with Crippen LogP contribution in [0.3, 0.4) is 0 Å². The minimum Gasteiger partial charge on any atom is -0.385 e. The number of hydrogen-bond acceptors (Lipinski definition) is 2. The van der Waals surface area contributed by atoms with Gasteiger partial charge in [-0.2, -0.15) is 5.26 Å². The van der Waals surface area contributed by atoms with Crippen molar-refractivity contribution >= 4 is 0 Å². The molecule has 2 heteroatoms. The molecule has 2 nitrogen and oxygen atoms in total. The Bertz CT molecular complexity index is 407. The normalized spacial score (nSPS) is 30.1. The van der Waals surface area contributed by atoms with Crippen LogP contribution in [0.1, 0.15) is 37.3 Å². The lowest BCUT2D eigenvalue weighted by Gasteiger charge is -2.29. The molecule has 0 bridgehead atoms.